The van der Waals surface area contributed by atoms with Gasteiger partial charge in [0.05, 0.1) is 18.1 Å². The zero-order valence-electron chi connectivity index (χ0n) is 19.1. The van der Waals surface area contributed by atoms with Gasteiger partial charge in [0.1, 0.15) is 17.3 Å². The van der Waals surface area contributed by atoms with Crippen LogP contribution in [0, 0.1) is 21.7 Å². The Morgan fingerprint density at radius 1 is 1.29 bits per heavy atom. The van der Waals surface area contributed by atoms with Crippen molar-refractivity contribution in [3.63, 3.8) is 0 Å². The minimum Gasteiger partial charge on any atom is -0.502 e. The first kappa shape index (κ1) is 25.2. The van der Waals surface area contributed by atoms with E-state index in [1.54, 1.807) is 11.8 Å². The molecule has 0 spiro atoms. The van der Waals surface area contributed by atoms with Crippen LogP contribution in [0.15, 0.2) is 30.3 Å². The molecule has 0 saturated heterocycles. The summed E-state index contributed by atoms with van der Waals surface area (Å²) in [7, 11) is 1.16. The molecule has 0 radical (unpaired) electrons. The largest absolute Gasteiger partial charge is 0.502 e. The fourth-order valence-corrected chi connectivity index (χ4v) is 4.28. The van der Waals surface area contributed by atoms with Crippen LogP contribution in [0.2, 0.25) is 0 Å². The highest BCUT2D eigenvalue weighted by molar-refractivity contribution is 5.86. The Morgan fingerprint density at radius 3 is 2.44 bits per heavy atom. The lowest BCUT2D eigenvalue weighted by Crippen LogP contribution is -2.48. The molecule has 2 aromatic carbocycles. The van der Waals surface area contributed by atoms with Crippen LogP contribution < -0.4 is 0 Å². The van der Waals surface area contributed by atoms with Crippen molar-refractivity contribution in [2.45, 2.75) is 44.9 Å². The van der Waals surface area contributed by atoms with Crippen molar-refractivity contribution in [2.75, 3.05) is 13.7 Å². The molecular weight excluding hydrogens is 453 g/mol. The minimum atomic E-state index is -1.73. The van der Waals surface area contributed by atoms with Gasteiger partial charge in [-0.2, -0.15) is 0 Å². The maximum atomic E-state index is 15.4. The van der Waals surface area contributed by atoms with E-state index in [-0.39, 0.29) is 24.1 Å². The number of nitrogens with zero attached hydrogens (tertiary/aromatic N) is 2. The molecule has 0 aliphatic carbocycles. The summed E-state index contributed by atoms with van der Waals surface area (Å²) in [6.07, 6.45) is 2.48. The van der Waals surface area contributed by atoms with Gasteiger partial charge in [0, 0.05) is 30.3 Å². The quantitative estimate of drug-likeness (QED) is 0.276. The van der Waals surface area contributed by atoms with Crippen LogP contribution in [0.5, 0.6) is 5.75 Å². The Bertz CT molecular complexity index is 1140. The van der Waals surface area contributed by atoms with Gasteiger partial charge in [-0.15, -0.1) is 0 Å². The Morgan fingerprint density at radius 2 is 1.91 bits per heavy atom. The van der Waals surface area contributed by atoms with Gasteiger partial charge >= 0.3 is 11.7 Å². The lowest BCUT2D eigenvalue weighted by molar-refractivity contribution is -0.386. The molecule has 2 atom stereocenters. The predicted octanol–water partition coefficient (Wildman–Crippen LogP) is 4.85. The van der Waals surface area contributed by atoms with Crippen molar-refractivity contribution in [1.29, 1.82) is 0 Å². The fraction of sp³-hybridized carbons (Fsp3) is 0.375. The van der Waals surface area contributed by atoms with Gasteiger partial charge in [-0.3, -0.25) is 15.0 Å². The van der Waals surface area contributed by atoms with E-state index in [0.29, 0.717) is 5.56 Å². The van der Waals surface area contributed by atoms with E-state index in [2.05, 4.69) is 4.74 Å². The number of hydrogen-bond acceptors (Lipinski definition) is 6. The average molecular weight is 478 g/mol. The van der Waals surface area contributed by atoms with Gasteiger partial charge < -0.3 is 9.84 Å². The van der Waals surface area contributed by atoms with Gasteiger partial charge in [-0.25, -0.2) is 18.0 Å². The van der Waals surface area contributed by atoms with Gasteiger partial charge in [0.15, 0.2) is 5.75 Å². The molecule has 1 heterocycles. The summed E-state index contributed by atoms with van der Waals surface area (Å²) in [5, 5.41) is 21.5. The molecular formula is C24H25F3N2O5. The van der Waals surface area contributed by atoms with Crippen molar-refractivity contribution in [1.82, 2.24) is 4.90 Å². The van der Waals surface area contributed by atoms with Crippen LogP contribution in [0.1, 0.15) is 49.1 Å². The number of fused-ring (bicyclic) bond motifs is 1. The van der Waals surface area contributed by atoms with Gasteiger partial charge in [-0.1, -0.05) is 0 Å². The third-order valence-corrected chi connectivity index (χ3v) is 5.69. The molecule has 10 heteroatoms. The zero-order chi connectivity index (χ0) is 25.4. The summed E-state index contributed by atoms with van der Waals surface area (Å²) in [5.74, 6) is -3.19. The van der Waals surface area contributed by atoms with E-state index in [0.717, 1.165) is 31.4 Å². The van der Waals surface area contributed by atoms with E-state index >= 15 is 8.78 Å². The third kappa shape index (κ3) is 5.22. The number of aromatic hydroxyl groups is 1. The summed E-state index contributed by atoms with van der Waals surface area (Å²) in [5.41, 5.74) is -2.02. The van der Waals surface area contributed by atoms with E-state index in [1.165, 1.54) is 26.0 Å². The number of hydrogen-bond donors (Lipinski definition) is 1. The molecule has 2 aromatic rings. The van der Waals surface area contributed by atoms with Crippen molar-refractivity contribution >= 4 is 17.7 Å². The number of methoxy groups -OCH3 is 1. The van der Waals surface area contributed by atoms with Crippen molar-refractivity contribution in [3.8, 4) is 5.75 Å². The van der Waals surface area contributed by atoms with Crippen LogP contribution in [-0.2, 0) is 16.0 Å². The number of nitro benzene ring substituents is 1. The number of alkyl halides is 1. The molecule has 7 nitrogen and oxygen atoms in total. The monoisotopic (exact) mass is 478 g/mol. The standard InChI is InChI=1S/C24H25F3N2O5/c1-13-7-15-10-20(30)19(29(32)33)11-16(15)23(28(13)12-24(2,3)27)22-17(25)8-14(9-18(22)26)5-6-21(31)34-4/h5-6,8-11,13,23,30H,7,12H2,1-4H3/b6-5+/t13-,23+/m1/s1. The smallest absolute Gasteiger partial charge is 0.330 e. The number of phenolic OH excluding ortho intramolecular Hbond substituents is 1. The Kier molecular flexibility index (Phi) is 7.02. The van der Waals surface area contributed by atoms with Gasteiger partial charge in [-0.05, 0) is 68.2 Å². The first-order valence-corrected chi connectivity index (χ1v) is 10.5. The third-order valence-electron chi connectivity index (χ3n) is 5.69. The number of carbonyl (C=O) groups excluding carboxylic acids is 1. The van der Waals surface area contributed by atoms with Crippen molar-refractivity contribution < 1.29 is 32.7 Å². The van der Waals surface area contributed by atoms with Crippen molar-refractivity contribution in [3.05, 3.63) is 74.3 Å². The minimum absolute atomic E-state index is 0.0577. The number of ether oxygens (including phenoxy) is 1. The predicted molar refractivity (Wildman–Crippen MR) is 119 cm³/mol. The second-order valence-corrected chi connectivity index (χ2v) is 8.90. The highest BCUT2D eigenvalue weighted by atomic mass is 19.1. The topological polar surface area (TPSA) is 92.9 Å². The molecule has 1 N–H and O–H groups in total. The molecule has 0 saturated carbocycles. The number of esters is 1. The maximum absolute atomic E-state index is 15.4. The first-order valence-electron chi connectivity index (χ1n) is 10.5. The van der Waals surface area contributed by atoms with E-state index in [4.69, 9.17) is 0 Å². The normalized spacial score (nSPS) is 18.7. The van der Waals surface area contributed by atoms with Crippen LogP contribution >= 0.6 is 0 Å². The van der Waals surface area contributed by atoms with Gasteiger partial charge in [0.2, 0.25) is 0 Å². The summed E-state index contributed by atoms with van der Waals surface area (Å²) in [6.45, 7) is 4.22. The SMILES string of the molecule is COC(=O)/C=C/c1cc(F)c([C@@H]2c3cc([N+](=O)[O-])c(O)cc3C[C@@H](C)N2CC(C)(C)F)c(F)c1. The molecule has 1 aliphatic heterocycles. The van der Waals surface area contributed by atoms with Crippen LogP contribution in [0.25, 0.3) is 6.08 Å². The van der Waals surface area contributed by atoms with Crippen LogP contribution in [0.3, 0.4) is 0 Å². The summed E-state index contributed by atoms with van der Waals surface area (Å²) in [6, 6.07) is 2.76. The zero-order valence-corrected chi connectivity index (χ0v) is 19.1. The number of halogens is 3. The van der Waals surface area contributed by atoms with E-state index in [9.17, 15) is 24.4 Å². The molecule has 34 heavy (non-hydrogen) atoms. The van der Waals surface area contributed by atoms with E-state index in [1.807, 2.05) is 0 Å². The summed E-state index contributed by atoms with van der Waals surface area (Å²) in [4.78, 5) is 23.5. The molecule has 182 valence electrons. The van der Waals surface area contributed by atoms with Gasteiger partial charge in [0.25, 0.3) is 0 Å². The Labute approximate surface area is 194 Å². The Hall–Kier alpha value is -3.40. The molecule has 1 aliphatic rings. The highest BCUT2D eigenvalue weighted by Crippen LogP contribution is 2.44. The summed E-state index contributed by atoms with van der Waals surface area (Å²) >= 11 is 0. The number of phenols is 1. The lowest BCUT2D eigenvalue weighted by atomic mass is 9.83. The summed E-state index contributed by atoms with van der Waals surface area (Å²) < 4.78 is 49.9. The average Bonchev–Trinajstić information content (AvgIpc) is 2.72. The Balaban J connectivity index is 2.23. The number of nitro groups is 1. The molecule has 0 aromatic heterocycles. The number of benzene rings is 2. The molecule has 3 rings (SSSR count). The molecule has 0 amide bonds. The first-order chi connectivity index (χ1) is 15.8. The van der Waals surface area contributed by atoms with E-state index < -0.39 is 57.3 Å². The highest BCUT2D eigenvalue weighted by Gasteiger charge is 2.40. The molecule has 0 unspecified atom stereocenters. The lowest BCUT2D eigenvalue weighted by Gasteiger charge is -2.44. The van der Waals surface area contributed by atoms with Crippen LogP contribution in [0.4, 0.5) is 18.9 Å². The second-order valence-electron chi connectivity index (χ2n) is 8.90. The molecule has 0 fully saturated rings. The van der Waals surface area contributed by atoms with Crippen molar-refractivity contribution in [2.24, 2.45) is 0 Å². The molecule has 0 bridgehead atoms. The maximum Gasteiger partial charge on any atom is 0.330 e. The van der Waals surface area contributed by atoms with Crippen LogP contribution in [-0.4, -0.2) is 46.3 Å². The second kappa shape index (κ2) is 9.46. The number of rotatable bonds is 6. The number of carbonyl (C=O) groups is 1. The fourth-order valence-electron chi connectivity index (χ4n) is 4.28.